The van der Waals surface area contributed by atoms with Gasteiger partial charge in [0.15, 0.2) is 5.78 Å². The molecule has 4 N–H and O–H groups in total. The highest BCUT2D eigenvalue weighted by Gasteiger charge is 2.52. The maximum atomic E-state index is 13.5. The van der Waals surface area contributed by atoms with Crippen molar-refractivity contribution in [3.8, 4) is 11.5 Å². The lowest BCUT2D eigenvalue weighted by Crippen LogP contribution is -2.35. The van der Waals surface area contributed by atoms with E-state index in [1.54, 1.807) is 0 Å². The van der Waals surface area contributed by atoms with Crippen LogP contribution in [0.25, 0.3) is 0 Å². The number of phenols is 2. The van der Waals surface area contributed by atoms with Crippen molar-refractivity contribution in [3.63, 3.8) is 0 Å². The van der Waals surface area contributed by atoms with Gasteiger partial charge in [0.25, 0.3) is 0 Å². The van der Waals surface area contributed by atoms with Gasteiger partial charge < -0.3 is 30.2 Å². The fourth-order valence-electron chi connectivity index (χ4n) is 7.84. The quantitative estimate of drug-likeness (QED) is 0.513. The molecule has 4 atom stereocenters. The number of rotatable bonds is 2. The van der Waals surface area contributed by atoms with E-state index < -0.39 is 29.8 Å². The van der Waals surface area contributed by atoms with Crippen LogP contribution >= 0.6 is 0 Å². The van der Waals surface area contributed by atoms with Crippen molar-refractivity contribution in [1.29, 1.82) is 0 Å². The van der Waals surface area contributed by atoms with Crippen molar-refractivity contribution in [2.24, 2.45) is 0 Å². The minimum atomic E-state index is -1.44. The normalized spacial score (nSPS) is 28.8. The molecule has 1 saturated carbocycles. The third-order valence-electron chi connectivity index (χ3n) is 9.39. The van der Waals surface area contributed by atoms with Crippen LogP contribution in [-0.2, 0) is 30.5 Å². The summed E-state index contributed by atoms with van der Waals surface area (Å²) in [5, 5.41) is 45.4. The Balaban J connectivity index is 1.33. The molecular weight excluding hydrogens is 456 g/mol. The van der Waals surface area contributed by atoms with Crippen LogP contribution in [0.3, 0.4) is 0 Å². The molecule has 0 spiro atoms. The van der Waals surface area contributed by atoms with E-state index in [0.717, 1.165) is 111 Å². The summed E-state index contributed by atoms with van der Waals surface area (Å²) in [7, 11) is 0. The van der Waals surface area contributed by atoms with Gasteiger partial charge in [0.2, 0.25) is 0 Å². The molecule has 1 fully saturated rings. The number of anilines is 2. The largest absolute Gasteiger partial charge is 0.507 e. The first-order valence-electron chi connectivity index (χ1n) is 13.6. The van der Waals surface area contributed by atoms with Crippen molar-refractivity contribution < 1.29 is 25.2 Å². The molecule has 0 aromatic heterocycles. The Labute approximate surface area is 211 Å². The van der Waals surface area contributed by atoms with E-state index >= 15 is 0 Å². The van der Waals surface area contributed by atoms with E-state index in [4.69, 9.17) is 0 Å². The first-order valence-corrected chi connectivity index (χ1v) is 13.6. The van der Waals surface area contributed by atoms with Crippen molar-refractivity contribution in [2.45, 2.75) is 75.4 Å². The maximum absolute atomic E-state index is 13.5. The summed E-state index contributed by atoms with van der Waals surface area (Å²) >= 11 is 0. The Bertz CT molecular complexity index is 1270. The van der Waals surface area contributed by atoms with E-state index in [-0.39, 0.29) is 11.5 Å². The van der Waals surface area contributed by atoms with Gasteiger partial charge >= 0.3 is 0 Å². The summed E-state index contributed by atoms with van der Waals surface area (Å²) in [6.45, 7) is 3.90. The molecule has 4 heterocycles. The lowest BCUT2D eigenvalue weighted by Gasteiger charge is -2.38. The molecule has 36 heavy (non-hydrogen) atoms. The third kappa shape index (κ3) is 3.02. The van der Waals surface area contributed by atoms with Crippen LogP contribution in [-0.4, -0.2) is 64.6 Å². The number of aliphatic hydroxyl groups excluding tert-OH is 2. The molecule has 2 aromatic rings. The van der Waals surface area contributed by atoms with Crippen LogP contribution in [0.1, 0.15) is 70.9 Å². The molecule has 5 aliphatic rings. The van der Waals surface area contributed by atoms with Crippen molar-refractivity contribution in [2.75, 3.05) is 36.0 Å². The predicted octanol–water partition coefficient (Wildman–Crippen LogP) is 2.67. The summed E-state index contributed by atoms with van der Waals surface area (Å²) in [6.07, 6.45) is 4.52. The lowest BCUT2D eigenvalue weighted by atomic mass is 9.81. The fraction of sp³-hybridized carbons (Fsp3) is 0.552. The number of benzene rings is 2. The highest BCUT2D eigenvalue weighted by molar-refractivity contribution is 5.95. The van der Waals surface area contributed by atoms with Crippen molar-refractivity contribution >= 4 is 17.2 Å². The minimum absolute atomic E-state index is 0.0889. The van der Waals surface area contributed by atoms with Crippen LogP contribution < -0.4 is 9.80 Å². The van der Waals surface area contributed by atoms with Gasteiger partial charge in [0.1, 0.15) is 17.6 Å². The van der Waals surface area contributed by atoms with Gasteiger partial charge in [-0.3, -0.25) is 4.79 Å². The molecule has 0 saturated heterocycles. The smallest absolute Gasteiger partial charge is 0.172 e. The molecule has 190 valence electrons. The van der Waals surface area contributed by atoms with Crippen LogP contribution in [0.4, 0.5) is 11.4 Å². The summed E-state index contributed by atoms with van der Waals surface area (Å²) in [5.41, 5.74) is 7.08. The van der Waals surface area contributed by atoms with Crippen LogP contribution in [0.2, 0.25) is 0 Å². The van der Waals surface area contributed by atoms with Gasteiger partial charge in [-0.15, -0.1) is 0 Å². The molecule has 7 heteroatoms. The number of aryl methyl sites for hydroxylation is 2. The molecule has 1 aliphatic carbocycles. The molecule has 4 unspecified atom stereocenters. The number of carbonyl (C=O) groups is 1. The summed E-state index contributed by atoms with van der Waals surface area (Å²) in [4.78, 5) is 18.1. The lowest BCUT2D eigenvalue weighted by molar-refractivity contribution is -0.126. The fourth-order valence-corrected chi connectivity index (χ4v) is 7.84. The van der Waals surface area contributed by atoms with Gasteiger partial charge in [0.05, 0.1) is 12.0 Å². The molecule has 0 amide bonds. The van der Waals surface area contributed by atoms with Gasteiger partial charge in [-0.1, -0.05) is 0 Å². The number of Topliss-reactive ketones (excluding diaryl/α,β-unsaturated/α-hetero) is 1. The second kappa shape index (κ2) is 8.12. The van der Waals surface area contributed by atoms with E-state index in [2.05, 4.69) is 9.80 Å². The number of nitrogens with zero attached hydrogens (tertiary/aromatic N) is 2. The molecule has 0 bridgehead atoms. The van der Waals surface area contributed by atoms with Gasteiger partial charge in [-0.2, -0.15) is 0 Å². The SMILES string of the molecule is O=C1C(O)C(c2cc3c4c(c2O)CCCN4CCC3)C(O)C1c1cc2c3c(c1O)CCCN3CCC2. The number of aromatic hydroxyl groups is 2. The Morgan fingerprint density at radius 1 is 0.694 bits per heavy atom. The number of ketones is 1. The monoisotopic (exact) mass is 490 g/mol. The molecular formula is C29H34N2O5. The number of hydrogen-bond donors (Lipinski definition) is 4. The molecule has 2 aromatic carbocycles. The van der Waals surface area contributed by atoms with Crippen LogP contribution in [0.15, 0.2) is 12.1 Å². The second-order valence-electron chi connectivity index (χ2n) is 11.3. The van der Waals surface area contributed by atoms with Gasteiger partial charge in [0, 0.05) is 65.7 Å². The molecule has 4 aliphatic heterocycles. The zero-order valence-electron chi connectivity index (χ0n) is 20.5. The maximum Gasteiger partial charge on any atom is 0.172 e. The average molecular weight is 491 g/mol. The summed E-state index contributed by atoms with van der Waals surface area (Å²) in [5.74, 6) is -2.23. The first-order chi connectivity index (χ1) is 17.5. The van der Waals surface area contributed by atoms with Crippen LogP contribution in [0.5, 0.6) is 11.5 Å². The Morgan fingerprint density at radius 2 is 1.17 bits per heavy atom. The van der Waals surface area contributed by atoms with E-state index in [1.165, 1.54) is 0 Å². The second-order valence-corrected chi connectivity index (χ2v) is 11.3. The van der Waals surface area contributed by atoms with Gasteiger partial charge in [-0.25, -0.2) is 0 Å². The molecule has 7 rings (SSSR count). The average Bonchev–Trinajstić information content (AvgIpc) is 3.11. The third-order valence-corrected chi connectivity index (χ3v) is 9.39. The first kappa shape index (κ1) is 22.4. The van der Waals surface area contributed by atoms with E-state index in [1.807, 2.05) is 12.1 Å². The summed E-state index contributed by atoms with van der Waals surface area (Å²) < 4.78 is 0. The van der Waals surface area contributed by atoms with E-state index in [9.17, 15) is 25.2 Å². The highest BCUT2D eigenvalue weighted by Crippen LogP contribution is 2.52. The topological polar surface area (TPSA) is 104 Å². The number of aliphatic hydroxyl groups is 2. The standard InChI is InChI=1S/C29H34N2O5/c32-25-17-7-3-11-30-9-1-5-15(23(17)30)13-19(25)21-27(34)22(29(36)28(21)35)20-14-16-6-2-10-31-12-4-8-18(24(16)31)26(20)33/h13-14,21-22,27-28,32-35H,1-12H2. The zero-order chi connectivity index (χ0) is 24.7. The van der Waals surface area contributed by atoms with E-state index in [0.29, 0.717) is 11.1 Å². The Morgan fingerprint density at radius 3 is 1.72 bits per heavy atom. The summed E-state index contributed by atoms with van der Waals surface area (Å²) in [6, 6.07) is 3.80. The Kier molecular flexibility index (Phi) is 5.06. The van der Waals surface area contributed by atoms with Crippen molar-refractivity contribution in [3.05, 3.63) is 45.5 Å². The molecule has 0 radical (unpaired) electrons. The number of phenolic OH excluding ortho intramolecular Hbond substituents is 2. The van der Waals surface area contributed by atoms with Crippen molar-refractivity contribution in [1.82, 2.24) is 0 Å². The predicted molar refractivity (Wildman–Crippen MR) is 136 cm³/mol. The molecule has 7 nitrogen and oxygen atoms in total. The number of hydrogen-bond acceptors (Lipinski definition) is 7. The Hall–Kier alpha value is -2.77. The minimum Gasteiger partial charge on any atom is -0.507 e. The van der Waals surface area contributed by atoms with Gasteiger partial charge in [-0.05, 0) is 74.6 Å². The zero-order valence-corrected chi connectivity index (χ0v) is 20.5. The number of carbonyl (C=O) groups excluding carboxylic acids is 1. The highest BCUT2D eigenvalue weighted by atomic mass is 16.3. The van der Waals surface area contributed by atoms with Crippen LogP contribution in [0, 0.1) is 0 Å².